The highest BCUT2D eigenvalue weighted by molar-refractivity contribution is 5.80. The first-order valence-corrected chi connectivity index (χ1v) is 11.6. The van der Waals surface area contributed by atoms with Crippen molar-refractivity contribution in [1.82, 2.24) is 15.1 Å². The Morgan fingerprint density at radius 2 is 2.00 bits per heavy atom. The second-order valence-electron chi connectivity index (χ2n) is 8.51. The predicted molar refractivity (Wildman–Crippen MR) is 125 cm³/mol. The first-order valence-electron chi connectivity index (χ1n) is 11.6. The molecule has 2 aliphatic rings. The van der Waals surface area contributed by atoms with Gasteiger partial charge in [0.05, 0.1) is 13.0 Å². The molecular formula is C24H38N4O4. The summed E-state index contributed by atoms with van der Waals surface area (Å²) in [7, 11) is 5.42. The molecule has 8 heteroatoms. The van der Waals surface area contributed by atoms with Crippen molar-refractivity contribution in [2.75, 3.05) is 60.7 Å². The summed E-state index contributed by atoms with van der Waals surface area (Å²) >= 11 is 0. The minimum Gasteiger partial charge on any atom is -0.492 e. The van der Waals surface area contributed by atoms with Crippen LogP contribution in [-0.2, 0) is 20.8 Å². The number of rotatable bonds is 8. The molecular weight excluding hydrogens is 408 g/mol. The molecule has 0 amide bonds. The van der Waals surface area contributed by atoms with E-state index < -0.39 is 0 Å². The fraction of sp³-hybridized carbons (Fsp3) is 0.667. The van der Waals surface area contributed by atoms with E-state index in [0.29, 0.717) is 19.2 Å². The third kappa shape index (κ3) is 7.10. The van der Waals surface area contributed by atoms with E-state index in [-0.39, 0.29) is 11.9 Å². The van der Waals surface area contributed by atoms with Crippen molar-refractivity contribution in [2.24, 2.45) is 10.9 Å². The van der Waals surface area contributed by atoms with Crippen LogP contribution < -0.4 is 10.1 Å². The van der Waals surface area contributed by atoms with Gasteiger partial charge in [-0.3, -0.25) is 14.7 Å². The molecule has 8 nitrogen and oxygen atoms in total. The van der Waals surface area contributed by atoms with E-state index in [0.717, 1.165) is 75.8 Å². The number of piperidine rings is 1. The van der Waals surface area contributed by atoms with Crippen molar-refractivity contribution in [3.8, 4) is 5.75 Å². The van der Waals surface area contributed by atoms with Gasteiger partial charge in [0.15, 0.2) is 5.96 Å². The number of esters is 1. The number of guanidine groups is 1. The largest absolute Gasteiger partial charge is 0.492 e. The second kappa shape index (κ2) is 12.6. The Morgan fingerprint density at radius 1 is 1.25 bits per heavy atom. The number of nitrogens with one attached hydrogen (secondary N) is 1. The molecule has 2 saturated heterocycles. The van der Waals surface area contributed by atoms with Crippen LogP contribution >= 0.6 is 0 Å². The molecule has 32 heavy (non-hydrogen) atoms. The fourth-order valence-corrected chi connectivity index (χ4v) is 4.37. The summed E-state index contributed by atoms with van der Waals surface area (Å²) in [5.74, 6) is 1.63. The number of aliphatic imine (C=N–C) groups is 1. The number of benzene rings is 1. The summed E-state index contributed by atoms with van der Waals surface area (Å²) in [5.41, 5.74) is 1.14. The van der Waals surface area contributed by atoms with Gasteiger partial charge in [-0.2, -0.15) is 0 Å². The number of likely N-dealkylation sites (N-methyl/N-ethyl adjacent to an activating group) is 1. The molecule has 0 unspecified atom stereocenters. The van der Waals surface area contributed by atoms with E-state index in [2.05, 4.69) is 39.3 Å². The molecule has 1 aromatic carbocycles. The summed E-state index contributed by atoms with van der Waals surface area (Å²) in [5, 5.41) is 3.44. The molecule has 0 aliphatic carbocycles. The van der Waals surface area contributed by atoms with Gasteiger partial charge in [-0.25, -0.2) is 0 Å². The van der Waals surface area contributed by atoms with Gasteiger partial charge in [0.25, 0.3) is 0 Å². The zero-order valence-corrected chi connectivity index (χ0v) is 19.7. The number of methoxy groups -OCH3 is 1. The maximum Gasteiger partial charge on any atom is 0.308 e. The number of hydrogen-bond donors (Lipinski definition) is 1. The van der Waals surface area contributed by atoms with Crippen LogP contribution in [0, 0.1) is 5.92 Å². The van der Waals surface area contributed by atoms with Gasteiger partial charge >= 0.3 is 5.97 Å². The van der Waals surface area contributed by atoms with Crippen molar-refractivity contribution in [3.63, 3.8) is 0 Å². The average molecular weight is 447 g/mol. The highest BCUT2D eigenvalue weighted by Gasteiger charge is 2.27. The van der Waals surface area contributed by atoms with Crippen LogP contribution in [0.3, 0.4) is 0 Å². The van der Waals surface area contributed by atoms with Crippen LogP contribution in [0.1, 0.15) is 31.2 Å². The average Bonchev–Trinajstić information content (AvgIpc) is 2.85. The Labute approximate surface area is 191 Å². The quantitative estimate of drug-likeness (QED) is 0.372. The lowest BCUT2D eigenvalue weighted by Gasteiger charge is -2.33. The van der Waals surface area contributed by atoms with Gasteiger partial charge in [0, 0.05) is 52.5 Å². The summed E-state index contributed by atoms with van der Waals surface area (Å²) in [4.78, 5) is 20.7. The topological polar surface area (TPSA) is 75.6 Å². The normalized spacial score (nSPS) is 18.6. The maximum atomic E-state index is 11.7. The van der Waals surface area contributed by atoms with E-state index in [9.17, 15) is 4.79 Å². The van der Waals surface area contributed by atoms with Gasteiger partial charge in [-0.15, -0.1) is 0 Å². The van der Waals surface area contributed by atoms with E-state index >= 15 is 0 Å². The van der Waals surface area contributed by atoms with Crippen LogP contribution in [0.25, 0.3) is 0 Å². The van der Waals surface area contributed by atoms with Crippen molar-refractivity contribution in [1.29, 1.82) is 0 Å². The van der Waals surface area contributed by atoms with Crippen LogP contribution in [0.5, 0.6) is 5.75 Å². The molecule has 0 atom stereocenters. The molecule has 178 valence electrons. The summed E-state index contributed by atoms with van der Waals surface area (Å²) in [6, 6.07) is 8.79. The Kier molecular flexibility index (Phi) is 9.62. The van der Waals surface area contributed by atoms with Crippen molar-refractivity contribution in [2.45, 2.75) is 38.3 Å². The molecule has 0 saturated carbocycles. The van der Waals surface area contributed by atoms with Crippen LogP contribution in [0.15, 0.2) is 29.3 Å². The monoisotopic (exact) mass is 446 g/mol. The highest BCUT2D eigenvalue weighted by Crippen LogP contribution is 2.19. The van der Waals surface area contributed by atoms with E-state index in [1.54, 1.807) is 7.05 Å². The number of nitrogens with zero attached hydrogens (tertiary/aromatic N) is 3. The Balaban J connectivity index is 1.42. The maximum absolute atomic E-state index is 11.7. The third-order valence-corrected chi connectivity index (χ3v) is 6.42. The Morgan fingerprint density at radius 3 is 2.69 bits per heavy atom. The molecule has 2 aliphatic heterocycles. The zero-order valence-electron chi connectivity index (χ0n) is 19.7. The minimum absolute atomic E-state index is 0.00585. The van der Waals surface area contributed by atoms with Gasteiger partial charge in [-0.05, 0) is 50.4 Å². The minimum atomic E-state index is -0.108. The lowest BCUT2D eigenvalue weighted by atomic mass is 9.97. The number of carbonyl (C=O) groups is 1. The number of hydrogen-bond acceptors (Lipinski definition) is 6. The molecule has 2 heterocycles. The standard InChI is InChI=1S/C24H38N4O4/c1-25-24(28-11-7-20(8-12-28)23(29)30-3)26-18-19-5-4-6-22(17-19)32-16-13-27(2)21-9-14-31-15-10-21/h4-6,17,20-21H,7-16,18H2,1-3H3,(H,25,26). The molecule has 0 bridgehead atoms. The molecule has 1 N–H and O–H groups in total. The first kappa shape index (κ1) is 24.3. The summed E-state index contributed by atoms with van der Waals surface area (Å²) < 4.78 is 16.3. The smallest absolute Gasteiger partial charge is 0.308 e. The van der Waals surface area contributed by atoms with Gasteiger partial charge in [0.2, 0.25) is 0 Å². The van der Waals surface area contributed by atoms with Crippen molar-refractivity contribution < 1.29 is 19.0 Å². The Bertz CT molecular complexity index is 743. The second-order valence-corrected chi connectivity index (χ2v) is 8.51. The molecule has 0 radical (unpaired) electrons. The molecule has 0 spiro atoms. The SMILES string of the molecule is CN=C(NCc1cccc(OCCN(C)C2CCOCC2)c1)N1CCC(C(=O)OC)CC1. The first-order chi connectivity index (χ1) is 15.6. The highest BCUT2D eigenvalue weighted by atomic mass is 16.5. The Hall–Kier alpha value is -2.32. The van der Waals surface area contributed by atoms with Gasteiger partial charge in [0.1, 0.15) is 12.4 Å². The zero-order chi connectivity index (χ0) is 22.8. The number of carbonyl (C=O) groups excluding carboxylic acids is 1. The lowest BCUT2D eigenvalue weighted by molar-refractivity contribution is -0.146. The molecule has 0 aromatic heterocycles. The molecule has 3 rings (SSSR count). The number of likely N-dealkylation sites (tertiary alicyclic amines) is 1. The van der Waals surface area contributed by atoms with Crippen LogP contribution in [-0.4, -0.2) is 88.4 Å². The van der Waals surface area contributed by atoms with E-state index in [1.165, 1.54) is 7.11 Å². The van der Waals surface area contributed by atoms with E-state index in [4.69, 9.17) is 14.2 Å². The van der Waals surface area contributed by atoms with E-state index in [1.807, 2.05) is 12.1 Å². The van der Waals surface area contributed by atoms with Crippen LogP contribution in [0.4, 0.5) is 0 Å². The molecule has 2 fully saturated rings. The summed E-state index contributed by atoms with van der Waals surface area (Å²) in [6.07, 6.45) is 3.77. The summed E-state index contributed by atoms with van der Waals surface area (Å²) in [6.45, 7) is 5.55. The predicted octanol–water partition coefficient (Wildman–Crippen LogP) is 2.14. The number of ether oxygens (including phenoxy) is 3. The van der Waals surface area contributed by atoms with Gasteiger partial charge < -0.3 is 24.4 Å². The van der Waals surface area contributed by atoms with Crippen LogP contribution in [0.2, 0.25) is 0 Å². The van der Waals surface area contributed by atoms with Gasteiger partial charge in [-0.1, -0.05) is 12.1 Å². The third-order valence-electron chi connectivity index (χ3n) is 6.42. The lowest BCUT2D eigenvalue weighted by Crippen LogP contribution is -2.46. The van der Waals surface area contributed by atoms with Crippen molar-refractivity contribution >= 4 is 11.9 Å². The van der Waals surface area contributed by atoms with Crippen molar-refractivity contribution in [3.05, 3.63) is 29.8 Å². The fourth-order valence-electron chi connectivity index (χ4n) is 4.37. The molecule has 1 aromatic rings.